The fourth-order valence-corrected chi connectivity index (χ4v) is 1.90. The van der Waals surface area contributed by atoms with Crippen molar-refractivity contribution in [3.63, 3.8) is 0 Å². The fraction of sp³-hybridized carbons (Fsp3) is 0.500. The molecule has 0 spiro atoms. The number of hydrogen-bond acceptors (Lipinski definition) is 2. The van der Waals surface area contributed by atoms with Gasteiger partial charge in [0, 0.05) is 0 Å². The Hall–Kier alpha value is -0.850. The molecule has 0 amide bonds. The lowest BCUT2D eigenvalue weighted by Crippen LogP contribution is -2.28. The van der Waals surface area contributed by atoms with Crippen LogP contribution in [0.2, 0.25) is 0 Å². The maximum Gasteiger partial charge on any atom is 0.419 e. The first-order valence-electron chi connectivity index (χ1n) is 5.61. The highest BCUT2D eigenvalue weighted by Crippen LogP contribution is 2.38. The third-order valence-corrected chi connectivity index (χ3v) is 3.15. The van der Waals surface area contributed by atoms with E-state index in [9.17, 15) is 22.7 Å². The maximum absolute atomic E-state index is 13.1. The molecule has 1 aromatic carbocycles. The standard InChI is InChI=1S/C12H13F4NO.ClH/c13-9-4-3-7(5-8(9)12(14,15)16)10(17)11(18)6-1-2-6;/h3-6,10-11,18H,1-2,17H2;1H/t10-,11+;/m0./s1. The molecule has 1 aliphatic rings. The van der Waals surface area contributed by atoms with Crippen molar-refractivity contribution in [1.82, 2.24) is 0 Å². The van der Waals surface area contributed by atoms with E-state index in [4.69, 9.17) is 5.73 Å². The molecule has 0 saturated heterocycles. The lowest BCUT2D eigenvalue weighted by Gasteiger charge is -2.20. The highest BCUT2D eigenvalue weighted by Gasteiger charge is 2.37. The lowest BCUT2D eigenvalue weighted by molar-refractivity contribution is -0.140. The van der Waals surface area contributed by atoms with Gasteiger partial charge in [-0.1, -0.05) is 6.07 Å². The van der Waals surface area contributed by atoms with Gasteiger partial charge >= 0.3 is 6.18 Å². The first-order valence-corrected chi connectivity index (χ1v) is 5.61. The molecule has 7 heteroatoms. The molecule has 1 saturated carbocycles. The summed E-state index contributed by atoms with van der Waals surface area (Å²) in [5, 5.41) is 9.77. The number of nitrogens with two attached hydrogens (primary N) is 1. The molecule has 108 valence electrons. The van der Waals surface area contributed by atoms with Crippen LogP contribution in [-0.2, 0) is 6.18 Å². The molecule has 2 rings (SSSR count). The van der Waals surface area contributed by atoms with Gasteiger partial charge in [-0.05, 0) is 36.5 Å². The summed E-state index contributed by atoms with van der Waals surface area (Å²) in [5.74, 6) is -1.29. The number of aliphatic hydroxyl groups excluding tert-OH is 1. The van der Waals surface area contributed by atoms with E-state index in [0.717, 1.165) is 18.9 Å². The normalized spacial score (nSPS) is 18.6. The minimum atomic E-state index is -4.76. The molecule has 3 N–H and O–H groups in total. The van der Waals surface area contributed by atoms with Crippen molar-refractivity contribution >= 4 is 12.4 Å². The summed E-state index contributed by atoms with van der Waals surface area (Å²) in [7, 11) is 0. The second kappa shape index (κ2) is 5.64. The monoisotopic (exact) mass is 299 g/mol. The van der Waals surface area contributed by atoms with E-state index in [0.29, 0.717) is 6.07 Å². The number of hydrogen-bond donors (Lipinski definition) is 2. The van der Waals surface area contributed by atoms with Gasteiger partial charge in [-0.15, -0.1) is 12.4 Å². The third kappa shape index (κ3) is 3.58. The molecule has 0 aliphatic heterocycles. The fourth-order valence-electron chi connectivity index (χ4n) is 1.90. The summed E-state index contributed by atoms with van der Waals surface area (Å²) in [6.45, 7) is 0. The number of benzene rings is 1. The molecular formula is C12H14ClF4NO. The van der Waals surface area contributed by atoms with Crippen LogP contribution in [0.15, 0.2) is 18.2 Å². The number of alkyl halides is 3. The molecule has 2 atom stereocenters. The Balaban J connectivity index is 0.00000180. The van der Waals surface area contributed by atoms with Gasteiger partial charge in [0.15, 0.2) is 0 Å². The summed E-state index contributed by atoms with van der Waals surface area (Å²) in [5.41, 5.74) is 4.45. The van der Waals surface area contributed by atoms with E-state index in [1.165, 1.54) is 6.07 Å². The van der Waals surface area contributed by atoms with Crippen LogP contribution in [0.1, 0.15) is 30.0 Å². The van der Waals surface area contributed by atoms with E-state index >= 15 is 0 Å². The van der Waals surface area contributed by atoms with Gasteiger partial charge in [0.25, 0.3) is 0 Å². The number of aliphatic hydroxyl groups is 1. The minimum Gasteiger partial charge on any atom is -0.391 e. The van der Waals surface area contributed by atoms with Crippen LogP contribution in [0.3, 0.4) is 0 Å². The average molecular weight is 300 g/mol. The van der Waals surface area contributed by atoms with Crippen LogP contribution in [0.25, 0.3) is 0 Å². The van der Waals surface area contributed by atoms with E-state index in [1.54, 1.807) is 0 Å². The first-order chi connectivity index (χ1) is 8.30. The predicted octanol–water partition coefficient (Wildman–Crippen LogP) is 3.04. The molecule has 0 heterocycles. The zero-order chi connectivity index (χ0) is 13.5. The predicted molar refractivity (Wildman–Crippen MR) is 64.3 cm³/mol. The van der Waals surface area contributed by atoms with Crippen LogP contribution in [0.4, 0.5) is 17.6 Å². The third-order valence-electron chi connectivity index (χ3n) is 3.15. The molecule has 0 aromatic heterocycles. The van der Waals surface area contributed by atoms with Crippen molar-refractivity contribution in [3.8, 4) is 0 Å². The minimum absolute atomic E-state index is 0. The summed E-state index contributed by atoms with van der Waals surface area (Å²) in [6.07, 6.45) is -3.99. The number of rotatable bonds is 3. The van der Waals surface area contributed by atoms with Crippen LogP contribution in [0.5, 0.6) is 0 Å². The molecule has 0 unspecified atom stereocenters. The molecule has 1 aromatic rings. The van der Waals surface area contributed by atoms with E-state index < -0.39 is 29.7 Å². The van der Waals surface area contributed by atoms with E-state index in [-0.39, 0.29) is 23.9 Å². The molecular weight excluding hydrogens is 286 g/mol. The Kier molecular flexibility index (Phi) is 4.81. The van der Waals surface area contributed by atoms with Gasteiger partial charge in [0.1, 0.15) is 5.82 Å². The summed E-state index contributed by atoms with van der Waals surface area (Å²) in [4.78, 5) is 0. The zero-order valence-electron chi connectivity index (χ0n) is 9.82. The molecule has 0 bridgehead atoms. The topological polar surface area (TPSA) is 46.2 Å². The SMILES string of the molecule is Cl.N[C@@H](c1ccc(F)c(C(F)(F)F)c1)[C@H](O)C1CC1. The maximum atomic E-state index is 13.1. The van der Waals surface area contributed by atoms with Gasteiger partial charge in [0.2, 0.25) is 0 Å². The largest absolute Gasteiger partial charge is 0.419 e. The van der Waals surface area contributed by atoms with Crippen LogP contribution >= 0.6 is 12.4 Å². The van der Waals surface area contributed by atoms with Gasteiger partial charge in [-0.25, -0.2) is 4.39 Å². The van der Waals surface area contributed by atoms with Crippen LogP contribution in [-0.4, -0.2) is 11.2 Å². The van der Waals surface area contributed by atoms with Crippen molar-refractivity contribution in [1.29, 1.82) is 0 Å². The van der Waals surface area contributed by atoms with Crippen molar-refractivity contribution in [2.24, 2.45) is 11.7 Å². The van der Waals surface area contributed by atoms with Crippen LogP contribution < -0.4 is 5.73 Å². The quantitative estimate of drug-likeness (QED) is 0.843. The van der Waals surface area contributed by atoms with E-state index in [2.05, 4.69) is 0 Å². The number of halogens is 5. The smallest absolute Gasteiger partial charge is 0.391 e. The zero-order valence-corrected chi connectivity index (χ0v) is 10.6. The van der Waals surface area contributed by atoms with Gasteiger partial charge in [-0.3, -0.25) is 0 Å². The van der Waals surface area contributed by atoms with Gasteiger partial charge < -0.3 is 10.8 Å². The summed E-state index contributed by atoms with van der Waals surface area (Å²) in [6, 6.07) is 1.67. The average Bonchev–Trinajstić information content (AvgIpc) is 3.10. The molecule has 0 radical (unpaired) electrons. The molecule has 2 nitrogen and oxygen atoms in total. The Morgan fingerprint density at radius 3 is 2.32 bits per heavy atom. The van der Waals surface area contributed by atoms with E-state index in [1.807, 2.05) is 0 Å². The Morgan fingerprint density at radius 2 is 1.84 bits per heavy atom. The first kappa shape index (κ1) is 16.2. The molecule has 1 aliphatic carbocycles. The van der Waals surface area contributed by atoms with Crippen molar-refractivity contribution in [2.45, 2.75) is 31.2 Å². The highest BCUT2D eigenvalue weighted by atomic mass is 35.5. The van der Waals surface area contributed by atoms with Crippen molar-refractivity contribution < 1.29 is 22.7 Å². The van der Waals surface area contributed by atoms with Crippen LogP contribution in [0, 0.1) is 11.7 Å². The second-order valence-electron chi connectivity index (χ2n) is 4.59. The summed E-state index contributed by atoms with van der Waals surface area (Å²) >= 11 is 0. The molecule has 1 fully saturated rings. The Labute approximate surface area is 114 Å². The van der Waals surface area contributed by atoms with Gasteiger partial charge in [0.05, 0.1) is 17.7 Å². The second-order valence-corrected chi connectivity index (χ2v) is 4.59. The highest BCUT2D eigenvalue weighted by molar-refractivity contribution is 5.85. The summed E-state index contributed by atoms with van der Waals surface area (Å²) < 4.78 is 50.6. The van der Waals surface area contributed by atoms with Crippen molar-refractivity contribution in [2.75, 3.05) is 0 Å². The molecule has 19 heavy (non-hydrogen) atoms. The Morgan fingerprint density at radius 1 is 1.26 bits per heavy atom. The van der Waals surface area contributed by atoms with Crippen molar-refractivity contribution in [3.05, 3.63) is 35.1 Å². The lowest BCUT2D eigenvalue weighted by atomic mass is 9.97. The van der Waals surface area contributed by atoms with Gasteiger partial charge in [-0.2, -0.15) is 13.2 Å². The Bertz CT molecular complexity index is 448.